The monoisotopic (exact) mass is 411 g/mol. The van der Waals surface area contributed by atoms with Crippen LogP contribution >= 0.6 is 11.3 Å². The molecule has 0 N–H and O–H groups in total. The molecule has 0 atom stereocenters. The highest BCUT2D eigenvalue weighted by atomic mass is 32.1. The molecule has 0 bridgehead atoms. The van der Waals surface area contributed by atoms with Gasteiger partial charge in [0.1, 0.15) is 5.75 Å². The zero-order valence-electron chi connectivity index (χ0n) is 17.8. The Bertz CT molecular complexity index is 964. The molecule has 3 rings (SSSR count). The number of fused-ring (bicyclic) bond motifs is 1. The van der Waals surface area contributed by atoms with Gasteiger partial charge in [-0.05, 0) is 76.3 Å². The quantitative estimate of drug-likeness (QED) is 0.531. The highest BCUT2D eigenvalue weighted by Crippen LogP contribution is 2.31. The van der Waals surface area contributed by atoms with Gasteiger partial charge in [-0.15, -0.1) is 0 Å². The highest BCUT2D eigenvalue weighted by molar-refractivity contribution is 7.22. The predicted octanol–water partition coefficient (Wildman–Crippen LogP) is 4.85. The van der Waals surface area contributed by atoms with Crippen LogP contribution in [-0.4, -0.2) is 49.1 Å². The molecule has 0 radical (unpaired) electrons. The average Bonchev–Trinajstić information content (AvgIpc) is 3.10. The van der Waals surface area contributed by atoms with Gasteiger partial charge in [0.15, 0.2) is 5.13 Å². The van der Waals surface area contributed by atoms with Gasteiger partial charge in [0, 0.05) is 18.7 Å². The molecule has 0 aliphatic rings. The Morgan fingerprint density at radius 3 is 2.45 bits per heavy atom. The molecule has 154 valence electrons. The van der Waals surface area contributed by atoms with Gasteiger partial charge in [0.05, 0.1) is 16.3 Å². The van der Waals surface area contributed by atoms with Crippen molar-refractivity contribution >= 4 is 32.6 Å². The van der Waals surface area contributed by atoms with E-state index in [1.807, 2.05) is 58.3 Å². The maximum atomic E-state index is 13.3. The third-order valence-electron chi connectivity index (χ3n) is 4.57. The van der Waals surface area contributed by atoms with E-state index in [4.69, 9.17) is 9.72 Å². The third-order valence-corrected chi connectivity index (χ3v) is 5.61. The summed E-state index contributed by atoms with van der Waals surface area (Å²) in [6.07, 6.45) is 1.08. The normalized spacial score (nSPS) is 11.4. The Morgan fingerprint density at radius 1 is 1.10 bits per heavy atom. The second-order valence-corrected chi connectivity index (χ2v) is 8.61. The van der Waals surface area contributed by atoms with Crippen LogP contribution in [0.25, 0.3) is 10.2 Å². The highest BCUT2D eigenvalue weighted by Gasteiger charge is 2.21. The molecule has 0 saturated carbocycles. The Balaban J connectivity index is 1.91. The molecule has 1 amide bonds. The molecule has 29 heavy (non-hydrogen) atoms. The van der Waals surface area contributed by atoms with Crippen LogP contribution in [0, 0.1) is 0 Å². The molecule has 5 nitrogen and oxygen atoms in total. The average molecular weight is 412 g/mol. The molecular formula is C23H29N3O2S. The summed E-state index contributed by atoms with van der Waals surface area (Å²) < 4.78 is 6.81. The summed E-state index contributed by atoms with van der Waals surface area (Å²) in [4.78, 5) is 21.9. The number of ether oxygens (including phenoxy) is 1. The van der Waals surface area contributed by atoms with Crippen molar-refractivity contribution in [3.05, 3.63) is 53.6 Å². The molecular weight excluding hydrogens is 382 g/mol. The predicted molar refractivity (Wildman–Crippen MR) is 121 cm³/mol. The summed E-state index contributed by atoms with van der Waals surface area (Å²) in [5, 5.41) is 0.739. The van der Waals surface area contributed by atoms with Crippen molar-refractivity contribution in [2.75, 3.05) is 32.1 Å². The van der Waals surface area contributed by atoms with Crippen molar-refractivity contribution in [3.8, 4) is 5.75 Å². The number of aryl methyl sites for hydroxylation is 1. The van der Waals surface area contributed by atoms with Crippen LogP contribution in [0.2, 0.25) is 0 Å². The van der Waals surface area contributed by atoms with Crippen molar-refractivity contribution in [2.24, 2.45) is 0 Å². The van der Waals surface area contributed by atoms with Crippen LogP contribution in [0.3, 0.4) is 0 Å². The number of hydrogen-bond donors (Lipinski definition) is 0. The van der Waals surface area contributed by atoms with E-state index in [1.165, 1.54) is 5.56 Å². The van der Waals surface area contributed by atoms with E-state index in [2.05, 4.69) is 24.0 Å². The summed E-state index contributed by atoms with van der Waals surface area (Å²) >= 11 is 1.57. The van der Waals surface area contributed by atoms with E-state index < -0.39 is 0 Å². The number of aromatic nitrogens is 1. The molecule has 6 heteroatoms. The number of hydrogen-bond acceptors (Lipinski definition) is 5. The minimum absolute atomic E-state index is 0.0438. The van der Waals surface area contributed by atoms with Crippen LogP contribution in [-0.2, 0) is 6.42 Å². The SMILES string of the molecule is CCc1ccc2nc(N(CCN(C)C)C(=O)c3ccc(OC(C)C)cc3)sc2c1. The van der Waals surface area contributed by atoms with Gasteiger partial charge < -0.3 is 9.64 Å². The van der Waals surface area contributed by atoms with E-state index in [1.54, 1.807) is 16.2 Å². The van der Waals surface area contributed by atoms with Crippen molar-refractivity contribution in [2.45, 2.75) is 33.3 Å². The number of likely N-dealkylation sites (N-methyl/N-ethyl adjacent to an activating group) is 1. The first-order valence-electron chi connectivity index (χ1n) is 10.00. The zero-order chi connectivity index (χ0) is 21.0. The van der Waals surface area contributed by atoms with Crippen LogP contribution in [0.5, 0.6) is 5.75 Å². The first-order chi connectivity index (χ1) is 13.9. The number of carbonyl (C=O) groups excluding carboxylic acids is 1. The fourth-order valence-corrected chi connectivity index (χ4v) is 4.03. The van der Waals surface area contributed by atoms with Gasteiger partial charge >= 0.3 is 0 Å². The molecule has 0 unspecified atom stereocenters. The lowest BCUT2D eigenvalue weighted by atomic mass is 10.2. The van der Waals surface area contributed by atoms with E-state index in [0.29, 0.717) is 12.1 Å². The second kappa shape index (κ2) is 9.37. The number of nitrogens with zero attached hydrogens (tertiary/aromatic N) is 3. The summed E-state index contributed by atoms with van der Waals surface area (Å²) in [5.41, 5.74) is 2.85. The first kappa shape index (κ1) is 21.3. The van der Waals surface area contributed by atoms with Gasteiger partial charge in [-0.3, -0.25) is 9.69 Å². The largest absolute Gasteiger partial charge is 0.491 e. The lowest BCUT2D eigenvalue weighted by molar-refractivity contribution is 0.0985. The second-order valence-electron chi connectivity index (χ2n) is 7.60. The number of rotatable bonds is 8. The lowest BCUT2D eigenvalue weighted by Crippen LogP contribution is -2.36. The van der Waals surface area contributed by atoms with Crippen molar-refractivity contribution < 1.29 is 9.53 Å². The number of amides is 1. The van der Waals surface area contributed by atoms with Crippen LogP contribution < -0.4 is 9.64 Å². The molecule has 0 saturated heterocycles. The number of carbonyl (C=O) groups is 1. The maximum absolute atomic E-state index is 13.3. The minimum Gasteiger partial charge on any atom is -0.491 e. The maximum Gasteiger partial charge on any atom is 0.260 e. The van der Waals surface area contributed by atoms with Gasteiger partial charge in [-0.25, -0.2) is 4.98 Å². The Kier molecular flexibility index (Phi) is 6.87. The number of thiazole rings is 1. The molecule has 1 aromatic heterocycles. The van der Waals surface area contributed by atoms with E-state index in [-0.39, 0.29) is 12.0 Å². The fraction of sp³-hybridized carbons (Fsp3) is 0.391. The molecule has 2 aromatic carbocycles. The van der Waals surface area contributed by atoms with E-state index >= 15 is 0 Å². The van der Waals surface area contributed by atoms with E-state index in [0.717, 1.165) is 34.1 Å². The Labute approximate surface area is 176 Å². The van der Waals surface area contributed by atoms with Gasteiger partial charge in [-0.1, -0.05) is 24.3 Å². The minimum atomic E-state index is -0.0438. The Hall–Kier alpha value is -2.44. The van der Waals surface area contributed by atoms with Crippen LogP contribution in [0.15, 0.2) is 42.5 Å². The van der Waals surface area contributed by atoms with Gasteiger partial charge in [-0.2, -0.15) is 0 Å². The summed E-state index contributed by atoms with van der Waals surface area (Å²) in [6, 6.07) is 13.7. The summed E-state index contributed by atoms with van der Waals surface area (Å²) in [5.74, 6) is 0.723. The van der Waals surface area contributed by atoms with Crippen LogP contribution in [0.1, 0.15) is 36.7 Å². The zero-order valence-corrected chi connectivity index (χ0v) is 18.6. The third kappa shape index (κ3) is 5.34. The fourth-order valence-electron chi connectivity index (χ4n) is 2.98. The first-order valence-corrected chi connectivity index (χ1v) is 10.8. The summed E-state index contributed by atoms with van der Waals surface area (Å²) in [6.45, 7) is 7.45. The molecule has 3 aromatic rings. The Morgan fingerprint density at radius 2 is 1.83 bits per heavy atom. The molecule has 0 spiro atoms. The van der Waals surface area contributed by atoms with Crippen molar-refractivity contribution in [1.82, 2.24) is 9.88 Å². The smallest absolute Gasteiger partial charge is 0.260 e. The topological polar surface area (TPSA) is 45.7 Å². The molecule has 0 fully saturated rings. The molecule has 1 heterocycles. The standard InChI is InChI=1S/C23H29N3O2S/c1-6-17-7-12-20-21(15-17)29-23(24-20)26(14-13-25(4)5)22(27)18-8-10-19(11-9-18)28-16(2)3/h7-12,15-16H,6,13-14H2,1-5H3. The van der Waals surface area contributed by atoms with Crippen molar-refractivity contribution in [3.63, 3.8) is 0 Å². The summed E-state index contributed by atoms with van der Waals surface area (Å²) in [7, 11) is 4.01. The number of anilines is 1. The van der Waals surface area contributed by atoms with Crippen molar-refractivity contribution in [1.29, 1.82) is 0 Å². The van der Waals surface area contributed by atoms with Crippen LogP contribution in [0.4, 0.5) is 5.13 Å². The lowest BCUT2D eigenvalue weighted by Gasteiger charge is -2.22. The number of benzene rings is 2. The van der Waals surface area contributed by atoms with Gasteiger partial charge in [0.2, 0.25) is 0 Å². The van der Waals surface area contributed by atoms with Gasteiger partial charge in [0.25, 0.3) is 5.91 Å². The molecule has 0 aliphatic carbocycles. The van der Waals surface area contributed by atoms with E-state index in [9.17, 15) is 4.79 Å². The molecule has 0 aliphatic heterocycles.